The van der Waals surface area contributed by atoms with E-state index in [1.807, 2.05) is 0 Å². The van der Waals surface area contributed by atoms with Crippen molar-refractivity contribution in [2.45, 2.75) is 13.3 Å². The van der Waals surface area contributed by atoms with E-state index >= 15 is 0 Å². The number of Topliss-reactive ketones (excluding diaryl/α,β-unsaturated/α-hetero) is 1. The quantitative estimate of drug-likeness (QED) is 0.372. The number of ether oxygens (including phenoxy) is 1. The molecule has 0 aliphatic carbocycles. The van der Waals surface area contributed by atoms with E-state index in [0.29, 0.717) is 0 Å². The monoisotopic (exact) mass is 306 g/mol. The van der Waals surface area contributed by atoms with E-state index in [1.165, 1.54) is 0 Å². The van der Waals surface area contributed by atoms with Crippen molar-refractivity contribution in [3.63, 3.8) is 0 Å². The molecule has 0 heterocycles. The van der Waals surface area contributed by atoms with Gasteiger partial charge in [0, 0.05) is 5.56 Å². The van der Waals surface area contributed by atoms with E-state index in [4.69, 9.17) is 0 Å². The van der Waals surface area contributed by atoms with Gasteiger partial charge in [-0.1, -0.05) is 0 Å². The van der Waals surface area contributed by atoms with Crippen LogP contribution in [0.15, 0.2) is 16.6 Å². The summed E-state index contributed by atoms with van der Waals surface area (Å²) in [5, 5.41) is 0. The molecule has 0 amide bonds. The summed E-state index contributed by atoms with van der Waals surface area (Å²) in [4.78, 5) is 22.7. The highest BCUT2D eigenvalue weighted by atomic mass is 79.9. The summed E-state index contributed by atoms with van der Waals surface area (Å²) in [6, 6.07) is 1.95. The van der Waals surface area contributed by atoms with Gasteiger partial charge in [-0.3, -0.25) is 9.59 Å². The SMILES string of the molecule is CCOC(=O)CC(=O)c1ccc(F)c(F)c1Br. The Balaban J connectivity index is 2.90. The van der Waals surface area contributed by atoms with Gasteiger partial charge in [0.05, 0.1) is 11.1 Å². The topological polar surface area (TPSA) is 43.4 Å². The van der Waals surface area contributed by atoms with Gasteiger partial charge in [-0.25, -0.2) is 8.78 Å². The highest BCUT2D eigenvalue weighted by Gasteiger charge is 2.19. The number of esters is 1. The molecule has 0 atom stereocenters. The highest BCUT2D eigenvalue weighted by Crippen LogP contribution is 2.24. The Labute approximate surface area is 105 Å². The van der Waals surface area contributed by atoms with Gasteiger partial charge in [0.15, 0.2) is 17.4 Å². The second-order valence-corrected chi connectivity index (χ2v) is 3.92. The third-order valence-electron chi connectivity index (χ3n) is 1.95. The average molecular weight is 307 g/mol. The minimum atomic E-state index is -1.15. The molecule has 6 heteroatoms. The molecule has 0 fully saturated rings. The molecule has 17 heavy (non-hydrogen) atoms. The molecule has 1 aromatic carbocycles. The zero-order valence-electron chi connectivity index (χ0n) is 8.93. The van der Waals surface area contributed by atoms with Crippen molar-refractivity contribution in [2.75, 3.05) is 6.61 Å². The Bertz CT molecular complexity index is 460. The van der Waals surface area contributed by atoms with E-state index in [-0.39, 0.29) is 16.6 Å². The maximum atomic E-state index is 13.1. The molecule has 1 rings (SSSR count). The van der Waals surface area contributed by atoms with E-state index in [2.05, 4.69) is 20.7 Å². The van der Waals surface area contributed by atoms with Crippen LogP contribution in [0.2, 0.25) is 0 Å². The van der Waals surface area contributed by atoms with Crippen LogP contribution in [-0.2, 0) is 9.53 Å². The van der Waals surface area contributed by atoms with E-state index in [1.54, 1.807) is 6.92 Å². The molecule has 92 valence electrons. The van der Waals surface area contributed by atoms with Gasteiger partial charge in [-0.05, 0) is 35.0 Å². The maximum absolute atomic E-state index is 13.1. The molecule has 0 saturated carbocycles. The minimum absolute atomic E-state index is 0.0862. The van der Waals surface area contributed by atoms with Crippen LogP contribution >= 0.6 is 15.9 Å². The first kappa shape index (κ1) is 13.8. The number of carbonyl (C=O) groups excluding carboxylic acids is 2. The Kier molecular flexibility index (Phi) is 4.74. The van der Waals surface area contributed by atoms with Crippen LogP contribution in [0.25, 0.3) is 0 Å². The van der Waals surface area contributed by atoms with Crippen molar-refractivity contribution in [3.8, 4) is 0 Å². The predicted octanol–water partition coefficient (Wildman–Crippen LogP) is 2.86. The Morgan fingerprint density at radius 1 is 1.35 bits per heavy atom. The zero-order chi connectivity index (χ0) is 13.0. The molecule has 1 aromatic rings. The number of hydrogen-bond donors (Lipinski definition) is 0. The van der Waals surface area contributed by atoms with Crippen LogP contribution < -0.4 is 0 Å². The molecule has 0 N–H and O–H groups in total. The maximum Gasteiger partial charge on any atom is 0.313 e. The van der Waals surface area contributed by atoms with Crippen molar-refractivity contribution in [3.05, 3.63) is 33.8 Å². The van der Waals surface area contributed by atoms with Crippen LogP contribution in [0, 0.1) is 11.6 Å². The molecule has 0 saturated heterocycles. The summed E-state index contributed by atoms with van der Waals surface area (Å²) in [5.74, 6) is -3.55. The zero-order valence-corrected chi connectivity index (χ0v) is 10.5. The van der Waals surface area contributed by atoms with Gasteiger partial charge in [-0.2, -0.15) is 0 Å². The second-order valence-electron chi connectivity index (χ2n) is 3.13. The summed E-state index contributed by atoms with van der Waals surface area (Å²) in [5.41, 5.74) is -0.0862. The van der Waals surface area contributed by atoms with E-state index < -0.39 is 29.8 Å². The lowest BCUT2D eigenvalue weighted by molar-refractivity contribution is -0.141. The van der Waals surface area contributed by atoms with Crippen LogP contribution in [-0.4, -0.2) is 18.4 Å². The third kappa shape index (κ3) is 3.33. The predicted molar refractivity (Wildman–Crippen MR) is 59.6 cm³/mol. The van der Waals surface area contributed by atoms with Crippen molar-refractivity contribution in [1.29, 1.82) is 0 Å². The molecule has 0 spiro atoms. The number of benzene rings is 1. The Morgan fingerprint density at radius 3 is 2.59 bits per heavy atom. The van der Waals surface area contributed by atoms with Crippen molar-refractivity contribution >= 4 is 27.7 Å². The smallest absolute Gasteiger partial charge is 0.313 e. The average Bonchev–Trinajstić information content (AvgIpc) is 2.26. The van der Waals surface area contributed by atoms with Crippen molar-refractivity contribution < 1.29 is 23.1 Å². The Hall–Kier alpha value is -1.30. The van der Waals surface area contributed by atoms with E-state index in [0.717, 1.165) is 12.1 Å². The fourth-order valence-corrected chi connectivity index (χ4v) is 1.72. The van der Waals surface area contributed by atoms with Crippen molar-refractivity contribution in [2.24, 2.45) is 0 Å². The first-order valence-electron chi connectivity index (χ1n) is 4.79. The first-order valence-corrected chi connectivity index (χ1v) is 5.59. The van der Waals surface area contributed by atoms with Gasteiger partial charge in [0.1, 0.15) is 6.42 Å². The Morgan fingerprint density at radius 2 is 2.00 bits per heavy atom. The molecule has 3 nitrogen and oxygen atoms in total. The van der Waals surface area contributed by atoms with Gasteiger partial charge in [0.25, 0.3) is 0 Å². The number of halogens is 3. The summed E-state index contributed by atoms with van der Waals surface area (Å²) in [6.45, 7) is 1.76. The summed E-state index contributed by atoms with van der Waals surface area (Å²) < 4.78 is 30.2. The molecular weight excluding hydrogens is 298 g/mol. The number of rotatable bonds is 4. The van der Waals surface area contributed by atoms with Crippen LogP contribution in [0.1, 0.15) is 23.7 Å². The summed E-state index contributed by atoms with van der Waals surface area (Å²) in [7, 11) is 0. The number of hydrogen-bond acceptors (Lipinski definition) is 3. The minimum Gasteiger partial charge on any atom is -0.466 e. The fraction of sp³-hybridized carbons (Fsp3) is 0.273. The molecule has 0 bridgehead atoms. The number of carbonyl (C=O) groups is 2. The molecule has 0 aromatic heterocycles. The third-order valence-corrected chi connectivity index (χ3v) is 2.72. The lowest BCUT2D eigenvalue weighted by atomic mass is 10.1. The van der Waals surface area contributed by atoms with E-state index in [9.17, 15) is 18.4 Å². The molecule has 0 aliphatic heterocycles. The standard InChI is InChI=1S/C11H9BrF2O3/c1-2-17-9(16)5-8(15)6-3-4-7(13)11(14)10(6)12/h3-4H,2,5H2,1H3. The lowest BCUT2D eigenvalue weighted by Gasteiger charge is -2.05. The lowest BCUT2D eigenvalue weighted by Crippen LogP contribution is -2.12. The van der Waals surface area contributed by atoms with Crippen LogP contribution in [0.5, 0.6) is 0 Å². The largest absolute Gasteiger partial charge is 0.466 e. The first-order chi connectivity index (χ1) is 7.97. The number of ketones is 1. The van der Waals surface area contributed by atoms with Gasteiger partial charge >= 0.3 is 5.97 Å². The molecule has 0 unspecified atom stereocenters. The summed E-state index contributed by atoms with van der Waals surface area (Å²) >= 11 is 2.77. The second kappa shape index (κ2) is 5.86. The van der Waals surface area contributed by atoms with Crippen molar-refractivity contribution in [1.82, 2.24) is 0 Å². The highest BCUT2D eigenvalue weighted by molar-refractivity contribution is 9.10. The normalized spacial score (nSPS) is 10.1. The van der Waals surface area contributed by atoms with Gasteiger partial charge < -0.3 is 4.74 Å². The summed E-state index contributed by atoms with van der Waals surface area (Å²) in [6.07, 6.45) is -0.502. The van der Waals surface area contributed by atoms with Crippen LogP contribution in [0.3, 0.4) is 0 Å². The fourth-order valence-electron chi connectivity index (χ4n) is 1.18. The molecular formula is C11H9BrF2O3. The molecule has 0 aliphatic rings. The molecule has 0 radical (unpaired) electrons. The van der Waals surface area contributed by atoms with Gasteiger partial charge in [-0.15, -0.1) is 0 Å². The van der Waals surface area contributed by atoms with Crippen LogP contribution in [0.4, 0.5) is 8.78 Å². The van der Waals surface area contributed by atoms with Gasteiger partial charge in [0.2, 0.25) is 0 Å².